The summed E-state index contributed by atoms with van der Waals surface area (Å²) < 4.78 is 24.3. The summed E-state index contributed by atoms with van der Waals surface area (Å²) in [5, 5.41) is 19.4. The monoisotopic (exact) mass is 473 g/mol. The predicted molar refractivity (Wildman–Crippen MR) is 119 cm³/mol. The number of hydrogen-bond donors (Lipinski definition) is 2. The van der Waals surface area contributed by atoms with Crippen LogP contribution in [0.1, 0.15) is 38.2 Å². The number of carbonyl (C=O) groups is 3. The number of imide groups is 3. The number of fused-ring (bicyclic) bond motifs is 3. The molecule has 0 aromatic heterocycles. The summed E-state index contributed by atoms with van der Waals surface area (Å²) in [4.78, 5) is 38.3. The van der Waals surface area contributed by atoms with Gasteiger partial charge in [0.25, 0.3) is 0 Å². The van der Waals surface area contributed by atoms with Crippen molar-refractivity contribution in [3.05, 3.63) is 46.3 Å². The van der Waals surface area contributed by atoms with E-state index in [1.54, 1.807) is 6.07 Å². The van der Waals surface area contributed by atoms with Crippen LogP contribution in [-0.4, -0.2) is 59.4 Å². The van der Waals surface area contributed by atoms with E-state index >= 15 is 0 Å². The van der Waals surface area contributed by atoms with Gasteiger partial charge in [0.2, 0.25) is 11.8 Å². The lowest BCUT2D eigenvalue weighted by Crippen LogP contribution is -2.38. The number of allylic oxidation sites excluding steroid dienone is 1. The predicted octanol–water partition coefficient (Wildman–Crippen LogP) is 3.18. The summed E-state index contributed by atoms with van der Waals surface area (Å²) in [7, 11) is 1.12. The van der Waals surface area contributed by atoms with Crippen molar-refractivity contribution < 1.29 is 38.5 Å². The minimum Gasteiger partial charge on any atom is -0.505 e. The molecule has 0 spiro atoms. The Bertz CT molecular complexity index is 1080. The first-order valence-corrected chi connectivity index (χ1v) is 11.4. The van der Waals surface area contributed by atoms with E-state index in [-0.39, 0.29) is 31.7 Å². The average Bonchev–Trinajstić information content (AvgIpc) is 3.36. The number of benzene rings is 1. The van der Waals surface area contributed by atoms with E-state index in [0.29, 0.717) is 28.9 Å². The highest BCUT2D eigenvalue weighted by molar-refractivity contribution is 6.16. The summed E-state index contributed by atoms with van der Waals surface area (Å²) in [6, 6.07) is 4.23. The van der Waals surface area contributed by atoms with E-state index in [1.165, 1.54) is 12.1 Å². The van der Waals surface area contributed by atoms with Gasteiger partial charge >= 0.3 is 6.09 Å². The Morgan fingerprint density at radius 1 is 1.29 bits per heavy atom. The second kappa shape index (κ2) is 9.68. The number of ether oxygens (including phenoxy) is 2. The van der Waals surface area contributed by atoms with E-state index in [1.807, 2.05) is 13.0 Å². The van der Waals surface area contributed by atoms with Crippen LogP contribution in [0, 0.1) is 23.6 Å². The highest BCUT2D eigenvalue weighted by Gasteiger charge is 2.58. The number of hydrogen-bond acceptors (Lipinski definition) is 7. The van der Waals surface area contributed by atoms with Crippen LogP contribution in [-0.2, 0) is 19.1 Å². The van der Waals surface area contributed by atoms with Gasteiger partial charge in [0, 0.05) is 5.92 Å². The highest BCUT2D eigenvalue weighted by atomic mass is 19.1. The number of aliphatic hydroxyl groups is 1. The van der Waals surface area contributed by atoms with E-state index in [0.717, 1.165) is 24.7 Å². The molecule has 2 fully saturated rings. The minimum absolute atomic E-state index is 0.203. The van der Waals surface area contributed by atoms with Crippen LogP contribution in [0.3, 0.4) is 0 Å². The molecule has 8 nitrogen and oxygen atoms in total. The zero-order valence-corrected chi connectivity index (χ0v) is 19.1. The van der Waals surface area contributed by atoms with Gasteiger partial charge in [-0.1, -0.05) is 24.6 Å². The van der Waals surface area contributed by atoms with Gasteiger partial charge in [0.15, 0.2) is 11.6 Å². The summed E-state index contributed by atoms with van der Waals surface area (Å²) in [5.74, 6) is -4.04. The number of halogens is 1. The average molecular weight is 473 g/mol. The Balaban J connectivity index is 1.53. The van der Waals surface area contributed by atoms with Gasteiger partial charge in [0.05, 0.1) is 38.3 Å². The molecule has 0 saturated carbocycles. The smallest absolute Gasteiger partial charge is 0.423 e. The molecule has 1 aromatic carbocycles. The third kappa shape index (κ3) is 4.14. The van der Waals surface area contributed by atoms with E-state index < -0.39 is 41.3 Å². The fourth-order valence-corrected chi connectivity index (χ4v) is 5.41. The van der Waals surface area contributed by atoms with Crippen LogP contribution in [0.4, 0.5) is 9.18 Å². The fourth-order valence-electron chi connectivity index (χ4n) is 5.41. The van der Waals surface area contributed by atoms with E-state index in [4.69, 9.17) is 4.74 Å². The number of phenols is 1. The van der Waals surface area contributed by atoms with Crippen molar-refractivity contribution in [2.45, 2.75) is 38.7 Å². The molecule has 2 N–H and O–H groups in total. The van der Waals surface area contributed by atoms with Crippen LogP contribution in [0.25, 0.3) is 6.08 Å². The standard InChI is InChI=1S/C25H28FNO7/c1-3-13(8-14-4-6-19(29)18(26)9-14)5-7-20-21-15(11-28)10-16-22(17(21)12-34-20)24(31)27(23(16)30)25(32)33-2/h4,6,8-9,16-17,20,22,28-29H,3,5,7,10-12H2,1-2H3/b13-8+/t16-,17+,20-,22-/m1/s1. The molecule has 34 heavy (non-hydrogen) atoms. The molecule has 4 atom stereocenters. The molecular weight excluding hydrogens is 445 g/mol. The van der Waals surface area contributed by atoms with Crippen molar-refractivity contribution in [3.63, 3.8) is 0 Å². The largest absolute Gasteiger partial charge is 0.505 e. The molecule has 2 saturated heterocycles. The SMILES string of the molecule is CC/C(=C\c1ccc(O)c(F)c1)CC[C@H]1OC[C@H]2C1=C(CO)C[C@H]1C(=O)N(C(=O)OC)C(=O)[C@H]12. The summed E-state index contributed by atoms with van der Waals surface area (Å²) >= 11 is 0. The van der Waals surface area contributed by atoms with Crippen LogP contribution in [0.2, 0.25) is 0 Å². The van der Waals surface area contributed by atoms with Crippen molar-refractivity contribution >= 4 is 24.0 Å². The lowest BCUT2D eigenvalue weighted by Gasteiger charge is -2.31. The molecule has 9 heteroatoms. The summed E-state index contributed by atoms with van der Waals surface area (Å²) in [5.41, 5.74) is 3.24. The van der Waals surface area contributed by atoms with Gasteiger partial charge in [-0.05, 0) is 54.5 Å². The van der Waals surface area contributed by atoms with Crippen LogP contribution in [0.5, 0.6) is 5.75 Å². The van der Waals surface area contributed by atoms with Crippen molar-refractivity contribution in [3.8, 4) is 5.75 Å². The molecule has 1 aliphatic carbocycles. The molecule has 4 rings (SSSR count). The summed E-state index contributed by atoms with van der Waals surface area (Å²) in [6.07, 6.45) is 2.74. The van der Waals surface area contributed by atoms with Gasteiger partial charge < -0.3 is 19.7 Å². The number of amides is 3. The van der Waals surface area contributed by atoms with E-state index in [9.17, 15) is 29.0 Å². The number of aromatic hydroxyl groups is 1. The van der Waals surface area contributed by atoms with Gasteiger partial charge in [0.1, 0.15) is 0 Å². The van der Waals surface area contributed by atoms with Gasteiger partial charge in [-0.15, -0.1) is 0 Å². The Labute approximate surface area is 196 Å². The number of likely N-dealkylation sites (tertiary alicyclic amines) is 1. The Morgan fingerprint density at radius 3 is 2.71 bits per heavy atom. The maximum Gasteiger partial charge on any atom is 0.423 e. The Morgan fingerprint density at radius 2 is 2.06 bits per heavy atom. The van der Waals surface area contributed by atoms with Gasteiger partial charge in [-0.2, -0.15) is 4.90 Å². The molecule has 0 radical (unpaired) electrons. The molecule has 1 aromatic rings. The first kappa shape index (κ1) is 24.1. The zero-order valence-electron chi connectivity index (χ0n) is 19.1. The highest BCUT2D eigenvalue weighted by Crippen LogP contribution is 2.49. The van der Waals surface area contributed by atoms with Crippen LogP contribution < -0.4 is 0 Å². The Kier molecular flexibility index (Phi) is 6.86. The fraction of sp³-hybridized carbons (Fsp3) is 0.480. The first-order chi connectivity index (χ1) is 16.3. The van der Waals surface area contributed by atoms with Crippen molar-refractivity contribution in [1.82, 2.24) is 4.90 Å². The lowest BCUT2D eigenvalue weighted by atomic mass is 9.69. The van der Waals surface area contributed by atoms with Crippen LogP contribution in [0.15, 0.2) is 34.9 Å². The third-order valence-electron chi connectivity index (χ3n) is 7.08. The van der Waals surface area contributed by atoms with E-state index in [2.05, 4.69) is 4.74 Å². The number of phenolic OH excluding ortho intramolecular Hbond substituents is 1. The first-order valence-electron chi connectivity index (χ1n) is 11.4. The molecule has 2 aliphatic heterocycles. The zero-order chi connectivity index (χ0) is 24.6. The number of methoxy groups -OCH3 is 1. The van der Waals surface area contributed by atoms with Crippen molar-refractivity contribution in [2.24, 2.45) is 17.8 Å². The number of carbonyl (C=O) groups excluding carboxylic acids is 3. The number of rotatable bonds is 6. The molecule has 0 bridgehead atoms. The molecule has 3 amide bonds. The number of nitrogens with zero attached hydrogens (tertiary/aromatic N) is 1. The molecule has 182 valence electrons. The van der Waals surface area contributed by atoms with Crippen molar-refractivity contribution in [1.29, 1.82) is 0 Å². The second-order valence-electron chi connectivity index (χ2n) is 8.87. The number of aliphatic hydroxyl groups excluding tert-OH is 1. The maximum absolute atomic E-state index is 13.7. The maximum atomic E-state index is 13.7. The topological polar surface area (TPSA) is 113 Å². The van der Waals surface area contributed by atoms with Crippen LogP contribution >= 0.6 is 0 Å². The summed E-state index contributed by atoms with van der Waals surface area (Å²) in [6.45, 7) is 1.97. The quantitative estimate of drug-likeness (QED) is 0.482. The molecule has 3 aliphatic rings. The lowest BCUT2D eigenvalue weighted by molar-refractivity contribution is -0.137. The van der Waals surface area contributed by atoms with Gasteiger partial charge in [-0.3, -0.25) is 9.59 Å². The second-order valence-corrected chi connectivity index (χ2v) is 8.87. The minimum atomic E-state index is -0.990. The van der Waals surface area contributed by atoms with Gasteiger partial charge in [-0.25, -0.2) is 9.18 Å². The molecule has 0 unspecified atom stereocenters. The van der Waals surface area contributed by atoms with Crippen molar-refractivity contribution in [2.75, 3.05) is 20.3 Å². The Hall–Kier alpha value is -3.04. The molecule has 2 heterocycles. The normalized spacial score (nSPS) is 26.7. The third-order valence-corrected chi connectivity index (χ3v) is 7.08. The molecular formula is C25H28FNO7.